The van der Waals surface area contributed by atoms with Crippen molar-refractivity contribution in [2.75, 3.05) is 0 Å². The molecule has 2 N–H and O–H groups in total. The van der Waals surface area contributed by atoms with E-state index in [4.69, 9.17) is 20.7 Å². The average molecular weight is 276 g/mol. The molecule has 20 heavy (non-hydrogen) atoms. The minimum atomic E-state index is -1.56. The number of nitrogens with zero attached hydrogens (tertiary/aromatic N) is 4. The van der Waals surface area contributed by atoms with Crippen molar-refractivity contribution in [2.45, 2.75) is 24.9 Å². The van der Waals surface area contributed by atoms with Crippen molar-refractivity contribution in [2.24, 2.45) is 10.2 Å². The second-order valence-electron chi connectivity index (χ2n) is 4.06. The number of hydrogen-bond donors (Lipinski definition) is 2. The van der Waals surface area contributed by atoms with E-state index in [1.165, 1.54) is 13.8 Å². The molecule has 0 bridgehead atoms. The minimum Gasteiger partial charge on any atom is -0.478 e. The van der Waals surface area contributed by atoms with Crippen LogP contribution in [0.4, 0.5) is 0 Å². The van der Waals surface area contributed by atoms with Crippen LogP contribution in [-0.2, 0) is 9.59 Å². The van der Waals surface area contributed by atoms with Crippen molar-refractivity contribution in [1.29, 1.82) is 10.5 Å². The lowest BCUT2D eigenvalue weighted by Gasteiger charge is -2.13. The van der Waals surface area contributed by atoms with Gasteiger partial charge in [0.05, 0.1) is 12.1 Å². The summed E-state index contributed by atoms with van der Waals surface area (Å²) in [6.07, 6.45) is 3.49. The average Bonchev–Trinajstić information content (AvgIpc) is 2.41. The first-order valence-electron chi connectivity index (χ1n) is 5.27. The number of carboxylic acids is 2. The lowest BCUT2D eigenvalue weighted by molar-refractivity contribution is -0.132. The maximum absolute atomic E-state index is 10.4. The molecule has 2 atom stereocenters. The molecule has 0 saturated carbocycles. The fraction of sp³-hybridized carbons (Fsp3) is 0.333. The standard InChI is InChI=1S/C12H12N4O4/c1-11(7-13,5-3-9(17)18)15-16-12(2,8-14)6-4-10(19)20/h3-6H,1-2H3,(H,17,18)(H,19,20)/b5-3+,6-4+,16-15?. The highest BCUT2D eigenvalue weighted by atomic mass is 16.4. The Hall–Kier alpha value is -3.00. The van der Waals surface area contributed by atoms with E-state index in [2.05, 4.69) is 10.2 Å². The Balaban J connectivity index is 5.33. The third-order valence-electron chi connectivity index (χ3n) is 2.02. The zero-order chi connectivity index (χ0) is 15.8. The summed E-state index contributed by atoms with van der Waals surface area (Å²) in [6, 6.07) is 3.47. The van der Waals surface area contributed by atoms with Crippen LogP contribution in [-0.4, -0.2) is 33.2 Å². The molecule has 2 unspecified atom stereocenters. The SMILES string of the molecule is CC(C#N)(/C=C/C(=O)O)N=NC(C)(C#N)/C=C/C(=O)O. The molecule has 0 aromatic heterocycles. The fourth-order valence-electron chi connectivity index (χ4n) is 0.861. The fourth-order valence-corrected chi connectivity index (χ4v) is 0.861. The van der Waals surface area contributed by atoms with Crippen LogP contribution in [0.5, 0.6) is 0 Å². The molecule has 104 valence electrons. The van der Waals surface area contributed by atoms with Crippen LogP contribution in [0.25, 0.3) is 0 Å². The summed E-state index contributed by atoms with van der Waals surface area (Å²) in [5.41, 5.74) is -3.12. The van der Waals surface area contributed by atoms with Gasteiger partial charge in [0.1, 0.15) is 0 Å². The summed E-state index contributed by atoms with van der Waals surface area (Å²) in [5, 5.41) is 42.1. The highest BCUT2D eigenvalue weighted by molar-refractivity contribution is 5.80. The Kier molecular flexibility index (Phi) is 5.78. The number of hydrogen-bond acceptors (Lipinski definition) is 6. The molecule has 8 nitrogen and oxygen atoms in total. The van der Waals surface area contributed by atoms with Gasteiger partial charge in [0, 0.05) is 12.2 Å². The molecule has 0 aromatic carbocycles. The summed E-state index contributed by atoms with van der Waals surface area (Å²) in [6.45, 7) is 2.60. The first-order valence-corrected chi connectivity index (χ1v) is 5.27. The van der Waals surface area contributed by atoms with Crippen LogP contribution in [0.15, 0.2) is 34.5 Å². The van der Waals surface area contributed by atoms with Crippen molar-refractivity contribution in [1.82, 2.24) is 0 Å². The predicted molar refractivity (Wildman–Crippen MR) is 66.4 cm³/mol. The van der Waals surface area contributed by atoms with Gasteiger partial charge in [-0.05, 0) is 26.0 Å². The van der Waals surface area contributed by atoms with Gasteiger partial charge in [-0.1, -0.05) is 0 Å². The van der Waals surface area contributed by atoms with Gasteiger partial charge in [-0.2, -0.15) is 20.8 Å². The molecule has 0 rings (SSSR count). The molecule has 0 aliphatic carbocycles. The first kappa shape index (κ1) is 17.0. The van der Waals surface area contributed by atoms with Gasteiger partial charge in [0.2, 0.25) is 0 Å². The van der Waals surface area contributed by atoms with Gasteiger partial charge in [-0.25, -0.2) is 9.59 Å². The van der Waals surface area contributed by atoms with Crippen molar-refractivity contribution < 1.29 is 19.8 Å². The lowest BCUT2D eigenvalue weighted by Crippen LogP contribution is -2.20. The zero-order valence-electron chi connectivity index (χ0n) is 10.8. The van der Waals surface area contributed by atoms with E-state index < -0.39 is 23.0 Å². The summed E-state index contributed by atoms with van der Waals surface area (Å²) in [7, 11) is 0. The zero-order valence-corrected chi connectivity index (χ0v) is 10.8. The van der Waals surface area contributed by atoms with Crippen LogP contribution in [0.1, 0.15) is 13.8 Å². The van der Waals surface area contributed by atoms with E-state index in [0.717, 1.165) is 24.3 Å². The van der Waals surface area contributed by atoms with Crippen molar-refractivity contribution >= 4 is 11.9 Å². The quantitative estimate of drug-likeness (QED) is 0.551. The normalized spacial score (nSPS) is 17.4. The van der Waals surface area contributed by atoms with Crippen molar-refractivity contribution in [3.8, 4) is 12.1 Å². The molecular formula is C12H12N4O4. The molecule has 0 spiro atoms. The van der Waals surface area contributed by atoms with Gasteiger partial charge in [0.25, 0.3) is 0 Å². The monoisotopic (exact) mass is 276 g/mol. The topological polar surface area (TPSA) is 147 Å². The summed E-state index contributed by atoms with van der Waals surface area (Å²) in [5.74, 6) is -2.51. The van der Waals surface area contributed by atoms with E-state index in [1.807, 2.05) is 0 Å². The Bertz CT molecular complexity index is 517. The van der Waals surface area contributed by atoms with E-state index in [1.54, 1.807) is 12.1 Å². The number of carbonyl (C=O) groups is 2. The third kappa shape index (κ3) is 6.07. The summed E-state index contributed by atoms with van der Waals surface area (Å²) in [4.78, 5) is 20.8. The van der Waals surface area contributed by atoms with E-state index >= 15 is 0 Å². The molecule has 0 saturated heterocycles. The second kappa shape index (κ2) is 6.81. The van der Waals surface area contributed by atoms with E-state index in [0.29, 0.717) is 0 Å². The second-order valence-corrected chi connectivity index (χ2v) is 4.06. The molecule has 8 heteroatoms. The van der Waals surface area contributed by atoms with E-state index in [9.17, 15) is 9.59 Å². The van der Waals surface area contributed by atoms with Crippen molar-refractivity contribution in [3.05, 3.63) is 24.3 Å². The third-order valence-corrected chi connectivity index (χ3v) is 2.02. The van der Waals surface area contributed by atoms with Gasteiger partial charge in [0.15, 0.2) is 11.1 Å². The van der Waals surface area contributed by atoms with E-state index in [-0.39, 0.29) is 0 Å². The molecule has 0 aromatic rings. The van der Waals surface area contributed by atoms with Crippen LogP contribution < -0.4 is 0 Å². The molecule has 0 aliphatic rings. The molecular weight excluding hydrogens is 264 g/mol. The van der Waals surface area contributed by atoms with Crippen LogP contribution >= 0.6 is 0 Å². The largest absolute Gasteiger partial charge is 0.478 e. The maximum Gasteiger partial charge on any atom is 0.328 e. The number of azo groups is 1. The molecule has 0 radical (unpaired) electrons. The Morgan fingerprint density at radius 3 is 1.45 bits per heavy atom. The lowest BCUT2D eigenvalue weighted by atomic mass is 10.0. The van der Waals surface area contributed by atoms with Gasteiger partial charge < -0.3 is 10.2 Å². The minimum absolute atomic E-state index is 0.735. The van der Waals surface area contributed by atoms with Crippen LogP contribution in [0.2, 0.25) is 0 Å². The maximum atomic E-state index is 10.4. The molecule has 0 fully saturated rings. The molecule has 0 aliphatic heterocycles. The first-order chi connectivity index (χ1) is 9.16. The highest BCUT2D eigenvalue weighted by Gasteiger charge is 2.24. The van der Waals surface area contributed by atoms with Crippen molar-refractivity contribution in [3.63, 3.8) is 0 Å². The Morgan fingerprint density at radius 2 is 1.25 bits per heavy atom. The number of aliphatic carboxylic acids is 2. The summed E-state index contributed by atoms with van der Waals surface area (Å²) >= 11 is 0. The van der Waals surface area contributed by atoms with Gasteiger partial charge in [-0.3, -0.25) is 0 Å². The summed E-state index contributed by atoms with van der Waals surface area (Å²) < 4.78 is 0. The van der Waals surface area contributed by atoms with Gasteiger partial charge >= 0.3 is 11.9 Å². The Morgan fingerprint density at radius 1 is 0.950 bits per heavy atom. The smallest absolute Gasteiger partial charge is 0.328 e. The predicted octanol–water partition coefficient (Wildman–Crippen LogP) is 1.28. The molecule has 0 amide bonds. The van der Waals surface area contributed by atoms with Gasteiger partial charge in [-0.15, -0.1) is 0 Å². The van der Waals surface area contributed by atoms with Crippen LogP contribution in [0, 0.1) is 22.7 Å². The number of rotatable bonds is 6. The highest BCUT2D eigenvalue weighted by Crippen LogP contribution is 2.18. The number of nitriles is 2. The molecule has 0 heterocycles. The Labute approximate surface area is 115 Å². The van der Waals surface area contributed by atoms with Crippen LogP contribution in [0.3, 0.4) is 0 Å². The number of carboxylic acid groups (broad SMARTS) is 2.